The highest BCUT2D eigenvalue weighted by Gasteiger charge is 2.24. The van der Waals surface area contributed by atoms with Crippen molar-refractivity contribution in [1.29, 1.82) is 0 Å². The molecule has 0 spiro atoms. The molecule has 1 unspecified atom stereocenters. The van der Waals surface area contributed by atoms with E-state index in [0.29, 0.717) is 24.2 Å². The SMILES string of the molecule is CC(C)N1CCC(CNC(=O)c2ccc(-c3ccccc3)[nH]c2=O)C1. The number of benzene rings is 1. The van der Waals surface area contributed by atoms with Crippen LogP contribution in [0, 0.1) is 5.92 Å². The Kier molecular flexibility index (Phi) is 5.34. The molecule has 1 aliphatic heterocycles. The zero-order valence-electron chi connectivity index (χ0n) is 14.8. The van der Waals surface area contributed by atoms with Gasteiger partial charge < -0.3 is 15.2 Å². The van der Waals surface area contributed by atoms with Crippen LogP contribution >= 0.6 is 0 Å². The largest absolute Gasteiger partial charge is 0.352 e. The van der Waals surface area contributed by atoms with Crippen LogP contribution in [0.25, 0.3) is 11.3 Å². The lowest BCUT2D eigenvalue weighted by atomic mass is 10.1. The van der Waals surface area contributed by atoms with E-state index in [-0.39, 0.29) is 17.0 Å². The summed E-state index contributed by atoms with van der Waals surface area (Å²) in [6.45, 7) is 7.07. The number of H-pyrrole nitrogens is 1. The lowest BCUT2D eigenvalue weighted by Crippen LogP contribution is -2.35. The highest BCUT2D eigenvalue weighted by atomic mass is 16.2. The average molecular weight is 339 g/mol. The molecule has 0 radical (unpaired) electrons. The fourth-order valence-corrected chi connectivity index (χ4v) is 3.27. The number of aromatic nitrogens is 1. The van der Waals surface area contributed by atoms with Crippen molar-refractivity contribution < 1.29 is 4.79 Å². The van der Waals surface area contributed by atoms with Gasteiger partial charge in [0.05, 0.1) is 0 Å². The zero-order valence-corrected chi connectivity index (χ0v) is 14.8. The Balaban J connectivity index is 1.62. The van der Waals surface area contributed by atoms with Crippen LogP contribution in [0.1, 0.15) is 30.6 Å². The van der Waals surface area contributed by atoms with Gasteiger partial charge in [0.25, 0.3) is 11.5 Å². The van der Waals surface area contributed by atoms with E-state index in [2.05, 4.69) is 29.0 Å². The Morgan fingerprint density at radius 1 is 1.24 bits per heavy atom. The topological polar surface area (TPSA) is 65.2 Å². The van der Waals surface area contributed by atoms with Crippen LogP contribution < -0.4 is 10.9 Å². The van der Waals surface area contributed by atoms with Gasteiger partial charge in [0.1, 0.15) is 5.56 Å². The Morgan fingerprint density at radius 2 is 2.00 bits per heavy atom. The van der Waals surface area contributed by atoms with Crippen LogP contribution in [0.3, 0.4) is 0 Å². The number of hydrogen-bond donors (Lipinski definition) is 2. The molecule has 2 heterocycles. The third-order valence-corrected chi connectivity index (χ3v) is 4.84. The third-order valence-electron chi connectivity index (χ3n) is 4.84. The van der Waals surface area contributed by atoms with E-state index < -0.39 is 0 Å². The number of aromatic amines is 1. The maximum absolute atomic E-state index is 12.3. The van der Waals surface area contributed by atoms with Crippen molar-refractivity contribution in [3.63, 3.8) is 0 Å². The monoisotopic (exact) mass is 339 g/mol. The van der Waals surface area contributed by atoms with Gasteiger partial charge in [-0.05, 0) is 50.4 Å². The molecule has 2 N–H and O–H groups in total. The minimum atomic E-state index is -0.353. The van der Waals surface area contributed by atoms with Gasteiger partial charge in [-0.1, -0.05) is 30.3 Å². The molecule has 1 amide bonds. The number of carbonyl (C=O) groups excluding carboxylic acids is 1. The second kappa shape index (κ2) is 7.66. The minimum absolute atomic E-state index is 0.165. The Morgan fingerprint density at radius 3 is 2.64 bits per heavy atom. The van der Waals surface area contributed by atoms with Gasteiger partial charge in [0.15, 0.2) is 0 Å². The number of carbonyl (C=O) groups is 1. The maximum Gasteiger partial charge on any atom is 0.261 e. The number of amides is 1. The van der Waals surface area contributed by atoms with Crippen molar-refractivity contribution in [2.45, 2.75) is 26.3 Å². The van der Waals surface area contributed by atoms with Crippen LogP contribution in [0.2, 0.25) is 0 Å². The van der Waals surface area contributed by atoms with Crippen molar-refractivity contribution in [3.8, 4) is 11.3 Å². The summed E-state index contributed by atoms with van der Waals surface area (Å²) >= 11 is 0. The van der Waals surface area contributed by atoms with E-state index in [9.17, 15) is 9.59 Å². The fraction of sp³-hybridized carbons (Fsp3) is 0.400. The molecule has 132 valence electrons. The summed E-state index contributed by atoms with van der Waals surface area (Å²) in [4.78, 5) is 29.8. The van der Waals surface area contributed by atoms with E-state index in [1.54, 1.807) is 12.1 Å². The summed E-state index contributed by atoms with van der Waals surface area (Å²) in [6, 6.07) is 13.5. The Labute approximate surface area is 148 Å². The molecule has 2 aromatic rings. The number of hydrogen-bond acceptors (Lipinski definition) is 3. The standard InChI is InChI=1S/C20H25N3O2/c1-14(2)23-11-10-15(13-23)12-21-19(24)17-8-9-18(22-20(17)25)16-6-4-3-5-7-16/h3-9,14-15H,10-13H2,1-2H3,(H,21,24)(H,22,25). The van der Waals surface area contributed by atoms with Crippen LogP contribution in [-0.4, -0.2) is 41.5 Å². The average Bonchev–Trinajstić information content (AvgIpc) is 3.10. The zero-order chi connectivity index (χ0) is 17.8. The van der Waals surface area contributed by atoms with Gasteiger partial charge in [-0.25, -0.2) is 0 Å². The number of rotatable bonds is 5. The quantitative estimate of drug-likeness (QED) is 0.880. The highest BCUT2D eigenvalue weighted by molar-refractivity contribution is 5.94. The molecule has 1 fully saturated rings. The number of pyridine rings is 1. The first-order valence-electron chi connectivity index (χ1n) is 8.85. The third kappa shape index (κ3) is 4.17. The van der Waals surface area contributed by atoms with Crippen molar-refractivity contribution in [2.24, 2.45) is 5.92 Å². The molecule has 5 nitrogen and oxygen atoms in total. The highest BCUT2D eigenvalue weighted by Crippen LogP contribution is 2.18. The van der Waals surface area contributed by atoms with E-state index >= 15 is 0 Å². The summed E-state index contributed by atoms with van der Waals surface area (Å²) < 4.78 is 0. The molecular weight excluding hydrogens is 314 g/mol. The van der Waals surface area contributed by atoms with Gasteiger partial charge in [-0.3, -0.25) is 9.59 Å². The van der Waals surface area contributed by atoms with E-state index in [4.69, 9.17) is 0 Å². The van der Waals surface area contributed by atoms with Crippen molar-refractivity contribution >= 4 is 5.91 Å². The molecule has 1 aromatic carbocycles. The second-order valence-corrected chi connectivity index (χ2v) is 6.93. The van der Waals surface area contributed by atoms with Gasteiger partial charge in [-0.2, -0.15) is 0 Å². The molecule has 0 saturated carbocycles. The molecule has 0 aliphatic carbocycles. The first-order valence-corrected chi connectivity index (χ1v) is 8.85. The van der Waals surface area contributed by atoms with Crippen molar-refractivity contribution in [3.05, 3.63) is 58.4 Å². The lowest BCUT2D eigenvalue weighted by Gasteiger charge is -2.20. The second-order valence-electron chi connectivity index (χ2n) is 6.93. The first kappa shape index (κ1) is 17.4. The molecule has 1 aromatic heterocycles. The summed E-state index contributed by atoms with van der Waals surface area (Å²) in [5, 5.41) is 2.91. The fourth-order valence-electron chi connectivity index (χ4n) is 3.27. The number of nitrogens with zero attached hydrogens (tertiary/aromatic N) is 1. The molecular formula is C20H25N3O2. The van der Waals surface area contributed by atoms with E-state index in [1.165, 1.54) is 0 Å². The maximum atomic E-state index is 12.3. The Bertz CT molecular complexity index is 783. The van der Waals surface area contributed by atoms with Crippen LogP contribution in [-0.2, 0) is 0 Å². The number of likely N-dealkylation sites (tertiary alicyclic amines) is 1. The Hall–Kier alpha value is -2.40. The van der Waals surface area contributed by atoms with E-state index in [1.807, 2.05) is 30.3 Å². The molecule has 25 heavy (non-hydrogen) atoms. The summed E-state index contributed by atoms with van der Waals surface area (Å²) in [5.41, 5.74) is 1.45. The molecule has 5 heteroatoms. The molecule has 1 aliphatic rings. The normalized spacial score (nSPS) is 17.8. The molecule has 1 atom stereocenters. The predicted molar refractivity (Wildman–Crippen MR) is 99.6 cm³/mol. The van der Waals surface area contributed by atoms with E-state index in [0.717, 1.165) is 25.1 Å². The molecule has 0 bridgehead atoms. The first-order chi connectivity index (χ1) is 12.0. The smallest absolute Gasteiger partial charge is 0.261 e. The van der Waals surface area contributed by atoms with Crippen LogP contribution in [0.4, 0.5) is 0 Å². The molecule has 1 saturated heterocycles. The van der Waals surface area contributed by atoms with Gasteiger partial charge >= 0.3 is 0 Å². The summed E-state index contributed by atoms with van der Waals surface area (Å²) in [5.74, 6) is 0.151. The predicted octanol–water partition coefficient (Wildman–Crippen LogP) is 2.50. The van der Waals surface area contributed by atoms with Crippen molar-refractivity contribution in [1.82, 2.24) is 15.2 Å². The minimum Gasteiger partial charge on any atom is -0.352 e. The summed E-state index contributed by atoms with van der Waals surface area (Å²) in [7, 11) is 0. The van der Waals surface area contributed by atoms with Gasteiger partial charge in [-0.15, -0.1) is 0 Å². The van der Waals surface area contributed by atoms with Gasteiger partial charge in [0, 0.05) is 24.8 Å². The van der Waals surface area contributed by atoms with Crippen LogP contribution in [0.15, 0.2) is 47.3 Å². The number of nitrogens with one attached hydrogen (secondary N) is 2. The van der Waals surface area contributed by atoms with Crippen molar-refractivity contribution in [2.75, 3.05) is 19.6 Å². The molecule has 3 rings (SSSR count). The van der Waals surface area contributed by atoms with Crippen LogP contribution in [0.5, 0.6) is 0 Å². The lowest BCUT2D eigenvalue weighted by molar-refractivity contribution is 0.0945. The summed E-state index contributed by atoms with van der Waals surface area (Å²) in [6.07, 6.45) is 1.09. The van der Waals surface area contributed by atoms with Gasteiger partial charge in [0.2, 0.25) is 0 Å².